The molecule has 1 unspecified atom stereocenters. The predicted molar refractivity (Wildman–Crippen MR) is 147 cm³/mol. The zero-order chi connectivity index (χ0) is 27.5. The number of nitrogens with one attached hydrogen (secondary N) is 1. The number of hydrogen-bond donors (Lipinski definition) is 3. The van der Waals surface area contributed by atoms with E-state index in [1.807, 2.05) is 36.1 Å². The highest BCUT2D eigenvalue weighted by molar-refractivity contribution is 5.76. The molecule has 1 aliphatic heterocycles. The first-order valence-corrected chi connectivity index (χ1v) is 13.7. The van der Waals surface area contributed by atoms with Gasteiger partial charge in [-0.2, -0.15) is 0 Å². The lowest BCUT2D eigenvalue weighted by Crippen LogP contribution is -2.48. The average Bonchev–Trinajstić information content (AvgIpc) is 2.95. The lowest BCUT2D eigenvalue weighted by Gasteiger charge is -2.43. The molecule has 0 aromatic heterocycles. The number of likely N-dealkylation sites (tertiary alicyclic amines) is 1. The Morgan fingerprint density at radius 2 is 2.00 bits per heavy atom. The number of benzene rings is 2. The van der Waals surface area contributed by atoms with Crippen molar-refractivity contribution < 1.29 is 23.8 Å². The summed E-state index contributed by atoms with van der Waals surface area (Å²) >= 11 is 0. The molecule has 208 valence electrons. The van der Waals surface area contributed by atoms with Gasteiger partial charge in [0.15, 0.2) is 0 Å². The van der Waals surface area contributed by atoms with Crippen LogP contribution in [0.4, 0.5) is 9.18 Å². The number of methoxy groups -OCH3 is 1. The summed E-state index contributed by atoms with van der Waals surface area (Å²) in [6, 6.07) is 12.6. The molecule has 7 nitrogen and oxygen atoms in total. The van der Waals surface area contributed by atoms with Crippen molar-refractivity contribution in [3.8, 4) is 11.1 Å². The Bertz CT molecular complexity index is 1080. The van der Waals surface area contributed by atoms with E-state index in [0.29, 0.717) is 68.6 Å². The highest BCUT2D eigenvalue weighted by Crippen LogP contribution is 2.44. The largest absolute Gasteiger partial charge is 0.453 e. The number of aryl methyl sites for hydroxylation is 1. The number of piperidine rings is 1. The molecule has 0 spiro atoms. The predicted octanol–water partition coefficient (Wildman–Crippen LogP) is 4.75. The van der Waals surface area contributed by atoms with Crippen molar-refractivity contribution in [2.45, 2.75) is 63.9 Å². The van der Waals surface area contributed by atoms with Gasteiger partial charge in [0.1, 0.15) is 5.82 Å². The van der Waals surface area contributed by atoms with Crippen molar-refractivity contribution in [1.29, 1.82) is 0 Å². The number of carbonyl (C=O) groups excluding carboxylic acids is 2. The first kappa shape index (κ1) is 29.6. The summed E-state index contributed by atoms with van der Waals surface area (Å²) in [5, 5.41) is 15.1. The summed E-state index contributed by atoms with van der Waals surface area (Å²) in [6.07, 6.45) is 4.45. The zero-order valence-electron chi connectivity index (χ0n) is 22.7. The van der Waals surface area contributed by atoms with Crippen LogP contribution >= 0.6 is 0 Å². The number of hydrogen-bond acceptors (Lipinski definition) is 5. The van der Waals surface area contributed by atoms with Crippen molar-refractivity contribution in [3.63, 3.8) is 0 Å². The molecule has 1 heterocycles. The summed E-state index contributed by atoms with van der Waals surface area (Å²) in [7, 11) is 1.30. The molecule has 1 saturated heterocycles. The van der Waals surface area contributed by atoms with Crippen molar-refractivity contribution in [3.05, 3.63) is 59.4 Å². The van der Waals surface area contributed by atoms with E-state index in [9.17, 15) is 14.7 Å². The second kappa shape index (κ2) is 14.3. The molecule has 3 rings (SSSR count). The van der Waals surface area contributed by atoms with E-state index in [1.54, 1.807) is 12.1 Å². The smallest absolute Gasteiger partial charge is 0.406 e. The van der Waals surface area contributed by atoms with Gasteiger partial charge in [-0.05, 0) is 74.2 Å². The minimum atomic E-state index is -1.41. The Morgan fingerprint density at radius 1 is 1.21 bits per heavy atom. The molecule has 0 saturated carbocycles. The van der Waals surface area contributed by atoms with Crippen molar-refractivity contribution >= 4 is 12.0 Å². The molecule has 1 fully saturated rings. The third kappa shape index (κ3) is 7.32. The quantitative estimate of drug-likeness (QED) is 0.346. The van der Waals surface area contributed by atoms with Gasteiger partial charge in [-0.1, -0.05) is 43.3 Å². The van der Waals surface area contributed by atoms with E-state index in [4.69, 9.17) is 5.73 Å². The molecule has 8 heteroatoms. The SMILES string of the molecule is CCc1cccc(-c2c(F)cccc2C(O)(CCCNC(=O)OC)[C@@H]2CCCN(C(=O)CCCCN)C2)c1. The molecule has 0 bridgehead atoms. The van der Waals surface area contributed by atoms with Crippen LogP contribution in [-0.2, 0) is 21.6 Å². The molecule has 38 heavy (non-hydrogen) atoms. The van der Waals surface area contributed by atoms with E-state index in [-0.39, 0.29) is 11.8 Å². The number of amides is 2. The second-order valence-electron chi connectivity index (χ2n) is 10.1. The van der Waals surface area contributed by atoms with Gasteiger partial charge >= 0.3 is 6.09 Å². The van der Waals surface area contributed by atoms with Crippen LogP contribution in [0.5, 0.6) is 0 Å². The van der Waals surface area contributed by atoms with Crippen LogP contribution in [0.15, 0.2) is 42.5 Å². The minimum absolute atomic E-state index is 0.0629. The van der Waals surface area contributed by atoms with E-state index < -0.39 is 17.5 Å². The van der Waals surface area contributed by atoms with Crippen LogP contribution in [-0.4, -0.2) is 55.3 Å². The fourth-order valence-corrected chi connectivity index (χ4v) is 5.48. The van der Waals surface area contributed by atoms with Gasteiger partial charge in [-0.3, -0.25) is 4.79 Å². The molecule has 1 aliphatic rings. The first-order valence-electron chi connectivity index (χ1n) is 13.7. The van der Waals surface area contributed by atoms with Crippen LogP contribution in [0.3, 0.4) is 0 Å². The van der Waals surface area contributed by atoms with E-state index in [0.717, 1.165) is 31.2 Å². The standard InChI is InChI=1S/C30H42FN3O4/c1-3-22-10-6-11-23(20-22)28-25(13-7-14-26(28)31)30(37,16-9-18-33-29(36)38-2)24-12-8-19-34(21-24)27(35)15-4-5-17-32/h6-7,10-11,13-14,20,24,37H,3-5,8-9,12,15-19,21,32H2,1-2H3,(H,33,36)/t24-,30?/m1/s1. The maximum atomic E-state index is 15.5. The van der Waals surface area contributed by atoms with Crippen LogP contribution < -0.4 is 11.1 Å². The Labute approximate surface area is 225 Å². The molecular formula is C30H42FN3O4. The van der Waals surface area contributed by atoms with Crippen LogP contribution in [0.1, 0.15) is 63.0 Å². The second-order valence-corrected chi connectivity index (χ2v) is 10.1. The third-order valence-corrected chi connectivity index (χ3v) is 7.59. The minimum Gasteiger partial charge on any atom is -0.453 e. The monoisotopic (exact) mass is 527 g/mol. The van der Waals surface area contributed by atoms with Gasteiger partial charge in [0.25, 0.3) is 0 Å². The molecule has 2 amide bonds. The van der Waals surface area contributed by atoms with Gasteiger partial charge in [0.05, 0.1) is 12.7 Å². The highest BCUT2D eigenvalue weighted by atomic mass is 19.1. The van der Waals surface area contributed by atoms with Gasteiger partial charge in [0.2, 0.25) is 5.91 Å². The molecule has 0 aliphatic carbocycles. The molecule has 2 atom stereocenters. The van der Waals surface area contributed by atoms with Crippen LogP contribution in [0.25, 0.3) is 11.1 Å². The van der Waals surface area contributed by atoms with Crippen molar-refractivity contribution in [1.82, 2.24) is 10.2 Å². The fourth-order valence-electron chi connectivity index (χ4n) is 5.48. The van der Waals surface area contributed by atoms with Gasteiger partial charge < -0.3 is 25.8 Å². The van der Waals surface area contributed by atoms with Gasteiger partial charge in [0, 0.05) is 37.5 Å². The topological polar surface area (TPSA) is 105 Å². The molecule has 2 aromatic rings. The number of alkyl carbamates (subject to hydrolysis) is 1. The number of carbonyl (C=O) groups is 2. The lowest BCUT2D eigenvalue weighted by molar-refractivity contribution is -0.136. The summed E-state index contributed by atoms with van der Waals surface area (Å²) in [5.74, 6) is -0.622. The number of aliphatic hydroxyl groups is 1. The summed E-state index contributed by atoms with van der Waals surface area (Å²) in [6.45, 7) is 3.95. The molecule has 2 aromatic carbocycles. The molecule has 4 N–H and O–H groups in total. The maximum Gasteiger partial charge on any atom is 0.406 e. The molecule has 0 radical (unpaired) electrons. The number of halogens is 1. The number of unbranched alkanes of at least 4 members (excludes halogenated alkanes) is 1. The number of nitrogens with two attached hydrogens (primary N) is 1. The maximum absolute atomic E-state index is 15.5. The number of nitrogens with zero attached hydrogens (tertiary/aromatic N) is 1. The van der Waals surface area contributed by atoms with Crippen LogP contribution in [0, 0.1) is 11.7 Å². The first-order chi connectivity index (χ1) is 18.3. The summed E-state index contributed by atoms with van der Waals surface area (Å²) < 4.78 is 20.2. The van der Waals surface area contributed by atoms with E-state index in [2.05, 4.69) is 10.1 Å². The van der Waals surface area contributed by atoms with E-state index in [1.165, 1.54) is 13.2 Å². The fraction of sp³-hybridized carbons (Fsp3) is 0.533. The Balaban J connectivity index is 1.98. The number of ether oxygens (including phenoxy) is 1. The van der Waals surface area contributed by atoms with Crippen LogP contribution in [0.2, 0.25) is 0 Å². The Morgan fingerprint density at radius 3 is 2.74 bits per heavy atom. The van der Waals surface area contributed by atoms with Gasteiger partial charge in [-0.15, -0.1) is 0 Å². The number of rotatable bonds is 12. The van der Waals surface area contributed by atoms with Gasteiger partial charge in [-0.25, -0.2) is 9.18 Å². The van der Waals surface area contributed by atoms with Crippen molar-refractivity contribution in [2.75, 3.05) is 33.3 Å². The third-order valence-electron chi connectivity index (χ3n) is 7.59. The normalized spacial score (nSPS) is 17.1. The van der Waals surface area contributed by atoms with E-state index >= 15 is 4.39 Å². The Kier molecular flexibility index (Phi) is 11.1. The average molecular weight is 528 g/mol. The highest BCUT2D eigenvalue weighted by Gasteiger charge is 2.43. The molecular weight excluding hydrogens is 485 g/mol. The summed E-state index contributed by atoms with van der Waals surface area (Å²) in [5.41, 5.74) is 6.88. The van der Waals surface area contributed by atoms with Crippen molar-refractivity contribution in [2.24, 2.45) is 11.7 Å². The summed E-state index contributed by atoms with van der Waals surface area (Å²) in [4.78, 5) is 26.4. The Hall–Kier alpha value is -2.97. The lowest BCUT2D eigenvalue weighted by atomic mass is 9.72. The zero-order valence-corrected chi connectivity index (χ0v) is 22.7.